The molecule has 0 radical (unpaired) electrons. The van der Waals surface area contributed by atoms with Crippen molar-refractivity contribution in [1.29, 1.82) is 0 Å². The van der Waals surface area contributed by atoms with Crippen LogP contribution in [0.1, 0.15) is 12.5 Å². The van der Waals surface area contributed by atoms with Crippen LogP contribution in [0.15, 0.2) is 54.6 Å². The molecule has 1 unspecified atom stereocenters. The number of aliphatic hydroxyl groups is 1. The van der Waals surface area contributed by atoms with Gasteiger partial charge in [-0.2, -0.15) is 0 Å². The first-order valence-electron chi connectivity index (χ1n) is 7.31. The molecule has 0 aliphatic rings. The Morgan fingerprint density at radius 2 is 1.91 bits per heavy atom. The van der Waals surface area contributed by atoms with Gasteiger partial charge in [0.1, 0.15) is 5.75 Å². The van der Waals surface area contributed by atoms with Gasteiger partial charge in [0.25, 0.3) is 0 Å². The lowest BCUT2D eigenvalue weighted by Crippen LogP contribution is -2.28. The van der Waals surface area contributed by atoms with E-state index in [-0.39, 0.29) is 18.6 Å². The van der Waals surface area contributed by atoms with E-state index in [1.54, 1.807) is 7.11 Å². The van der Waals surface area contributed by atoms with Crippen LogP contribution in [0.5, 0.6) is 5.75 Å². The number of benzene rings is 2. The van der Waals surface area contributed by atoms with Crippen LogP contribution in [0.2, 0.25) is 0 Å². The average Bonchev–Trinajstić information content (AvgIpc) is 2.59. The minimum atomic E-state index is -0.141. The van der Waals surface area contributed by atoms with E-state index in [4.69, 9.17) is 4.74 Å². The second-order valence-electron chi connectivity index (χ2n) is 5.15. The lowest BCUT2D eigenvalue weighted by molar-refractivity contribution is 0.233. The van der Waals surface area contributed by atoms with Crippen molar-refractivity contribution in [3.05, 3.63) is 60.2 Å². The molecule has 0 aromatic heterocycles. The Kier molecular flexibility index (Phi) is 5.88. The van der Waals surface area contributed by atoms with Gasteiger partial charge in [-0.3, -0.25) is 0 Å². The Balaban J connectivity index is 2.18. The summed E-state index contributed by atoms with van der Waals surface area (Å²) < 4.78 is 5.23. The van der Waals surface area contributed by atoms with Gasteiger partial charge in [-0.15, -0.1) is 0 Å². The van der Waals surface area contributed by atoms with Gasteiger partial charge in [-0.1, -0.05) is 43.0 Å². The van der Waals surface area contributed by atoms with Crippen molar-refractivity contribution in [3.63, 3.8) is 0 Å². The zero-order valence-electron chi connectivity index (χ0n) is 12.9. The highest BCUT2D eigenvalue weighted by Crippen LogP contribution is 2.19. The van der Waals surface area contributed by atoms with Gasteiger partial charge < -0.3 is 15.2 Å². The van der Waals surface area contributed by atoms with E-state index in [9.17, 15) is 5.11 Å². The van der Waals surface area contributed by atoms with E-state index >= 15 is 0 Å². The van der Waals surface area contributed by atoms with E-state index < -0.39 is 0 Å². The van der Waals surface area contributed by atoms with Crippen molar-refractivity contribution in [1.82, 2.24) is 0 Å². The molecule has 0 amide bonds. The number of aliphatic hydroxyl groups excluding tert-OH is 1. The number of methoxy groups -OCH3 is 1. The highest BCUT2D eigenvalue weighted by atomic mass is 16.5. The van der Waals surface area contributed by atoms with Gasteiger partial charge >= 0.3 is 0 Å². The topological polar surface area (TPSA) is 41.5 Å². The number of nitrogens with one attached hydrogen (secondary N) is 1. The van der Waals surface area contributed by atoms with Crippen LogP contribution in [0.4, 0.5) is 5.69 Å². The molecule has 0 fully saturated rings. The van der Waals surface area contributed by atoms with Crippen molar-refractivity contribution < 1.29 is 9.84 Å². The van der Waals surface area contributed by atoms with Crippen LogP contribution in [0.25, 0.3) is 0 Å². The maximum absolute atomic E-state index is 9.45. The van der Waals surface area contributed by atoms with Gasteiger partial charge in [-0.05, 0) is 24.3 Å². The van der Waals surface area contributed by atoms with Crippen LogP contribution in [0.3, 0.4) is 0 Å². The molecule has 2 N–H and O–H groups in total. The molecule has 2 atom stereocenters. The number of ether oxygens (including phenoxy) is 1. The molecule has 0 bridgehead atoms. The van der Waals surface area contributed by atoms with Crippen molar-refractivity contribution >= 4 is 5.69 Å². The molecule has 0 aliphatic heterocycles. The van der Waals surface area contributed by atoms with Gasteiger partial charge in [0, 0.05) is 29.8 Å². The Morgan fingerprint density at radius 3 is 2.59 bits per heavy atom. The molecule has 0 saturated heterocycles. The molecule has 0 spiro atoms. The maximum atomic E-state index is 9.45. The fourth-order valence-electron chi connectivity index (χ4n) is 2.00. The van der Waals surface area contributed by atoms with E-state index in [1.807, 2.05) is 61.5 Å². The molecule has 114 valence electrons. The first-order chi connectivity index (χ1) is 10.7. The van der Waals surface area contributed by atoms with E-state index in [0.29, 0.717) is 0 Å². The van der Waals surface area contributed by atoms with Crippen LogP contribution in [-0.2, 0) is 0 Å². The summed E-state index contributed by atoms with van der Waals surface area (Å²) in [4.78, 5) is 0. The van der Waals surface area contributed by atoms with Crippen LogP contribution in [0, 0.1) is 17.8 Å². The van der Waals surface area contributed by atoms with E-state index in [2.05, 4.69) is 17.2 Å². The van der Waals surface area contributed by atoms with Gasteiger partial charge in [-0.25, -0.2) is 0 Å². The summed E-state index contributed by atoms with van der Waals surface area (Å²) in [5.41, 5.74) is 1.89. The standard InChI is InChI=1S/C19H21NO2/c1-15(14-21)19(12-11-16-7-4-3-5-8-16)20-17-9-6-10-18(13-17)22-2/h3-10,13,15,19-21H,14H2,1-2H3/t15-,19?/m1/s1. The van der Waals surface area contributed by atoms with Crippen molar-refractivity contribution in [2.75, 3.05) is 19.0 Å². The highest BCUT2D eigenvalue weighted by Gasteiger charge is 2.14. The molecule has 2 aromatic rings. The van der Waals surface area contributed by atoms with Gasteiger partial charge in [0.05, 0.1) is 13.2 Å². The van der Waals surface area contributed by atoms with Crippen molar-refractivity contribution in [2.24, 2.45) is 5.92 Å². The number of anilines is 1. The fourth-order valence-corrected chi connectivity index (χ4v) is 2.00. The molecule has 2 aromatic carbocycles. The molecule has 3 heteroatoms. The normalized spacial score (nSPS) is 12.7. The van der Waals surface area contributed by atoms with Crippen molar-refractivity contribution in [3.8, 4) is 17.6 Å². The largest absolute Gasteiger partial charge is 0.497 e. The minimum absolute atomic E-state index is 0.0161. The number of rotatable bonds is 5. The predicted octanol–water partition coefficient (Wildman–Crippen LogP) is 3.16. The van der Waals surface area contributed by atoms with E-state index in [0.717, 1.165) is 17.0 Å². The summed E-state index contributed by atoms with van der Waals surface area (Å²) in [5, 5.41) is 12.8. The molecule has 22 heavy (non-hydrogen) atoms. The molecule has 0 aliphatic carbocycles. The summed E-state index contributed by atoms with van der Waals surface area (Å²) >= 11 is 0. The van der Waals surface area contributed by atoms with Crippen LogP contribution >= 0.6 is 0 Å². The third kappa shape index (κ3) is 4.54. The lowest BCUT2D eigenvalue weighted by atomic mass is 10.0. The first-order valence-corrected chi connectivity index (χ1v) is 7.31. The second kappa shape index (κ2) is 8.11. The number of hydrogen-bond acceptors (Lipinski definition) is 3. The molecule has 2 rings (SSSR count). The van der Waals surface area contributed by atoms with Gasteiger partial charge in [0.2, 0.25) is 0 Å². The fraction of sp³-hybridized carbons (Fsp3) is 0.263. The molecule has 0 saturated carbocycles. The summed E-state index contributed by atoms with van der Waals surface area (Å²) in [6, 6.07) is 17.4. The third-order valence-electron chi connectivity index (χ3n) is 3.39. The molecular formula is C19H21NO2. The maximum Gasteiger partial charge on any atom is 0.120 e. The molecule has 0 heterocycles. The minimum Gasteiger partial charge on any atom is -0.497 e. The Labute approximate surface area is 131 Å². The second-order valence-corrected chi connectivity index (χ2v) is 5.15. The average molecular weight is 295 g/mol. The quantitative estimate of drug-likeness (QED) is 0.833. The third-order valence-corrected chi connectivity index (χ3v) is 3.39. The lowest BCUT2D eigenvalue weighted by Gasteiger charge is -2.20. The zero-order chi connectivity index (χ0) is 15.8. The zero-order valence-corrected chi connectivity index (χ0v) is 12.9. The molecule has 3 nitrogen and oxygen atoms in total. The Morgan fingerprint density at radius 1 is 1.14 bits per heavy atom. The van der Waals surface area contributed by atoms with Crippen LogP contribution < -0.4 is 10.1 Å². The summed E-state index contributed by atoms with van der Waals surface area (Å²) in [6.45, 7) is 2.04. The Hall–Kier alpha value is -2.44. The smallest absolute Gasteiger partial charge is 0.120 e. The SMILES string of the molecule is COc1cccc(NC(C#Cc2ccccc2)[C@H](C)CO)c1. The van der Waals surface area contributed by atoms with Gasteiger partial charge in [0.15, 0.2) is 0 Å². The summed E-state index contributed by atoms with van der Waals surface area (Å²) in [7, 11) is 1.64. The predicted molar refractivity (Wildman–Crippen MR) is 90.0 cm³/mol. The first kappa shape index (κ1) is 15.9. The summed E-state index contributed by atoms with van der Waals surface area (Å²) in [5.74, 6) is 7.17. The van der Waals surface area contributed by atoms with E-state index in [1.165, 1.54) is 0 Å². The Bertz CT molecular complexity index is 643. The monoisotopic (exact) mass is 295 g/mol. The van der Waals surface area contributed by atoms with Crippen LogP contribution in [-0.4, -0.2) is 24.9 Å². The highest BCUT2D eigenvalue weighted by molar-refractivity contribution is 5.51. The summed E-state index contributed by atoms with van der Waals surface area (Å²) in [6.07, 6.45) is 0. The van der Waals surface area contributed by atoms with Crippen molar-refractivity contribution in [2.45, 2.75) is 13.0 Å². The molecular weight excluding hydrogens is 274 g/mol. The number of hydrogen-bond donors (Lipinski definition) is 2.